The number of halogens is 3. The van der Waals surface area contributed by atoms with Crippen molar-refractivity contribution in [3.05, 3.63) is 28.0 Å². The molecule has 1 fully saturated rings. The van der Waals surface area contributed by atoms with Crippen LogP contribution in [0.5, 0.6) is 0 Å². The largest absolute Gasteiger partial charge is 0.339 e. The summed E-state index contributed by atoms with van der Waals surface area (Å²) in [4.78, 5) is 13.4. The topological polar surface area (TPSA) is 54.5 Å². The van der Waals surface area contributed by atoms with Crippen LogP contribution in [0.15, 0.2) is 21.5 Å². The molecule has 0 atom stereocenters. The SMILES string of the molecule is CN(C(=O)c1cc(S(=O)(=O)Cl)c(F)cc1Br)C1CCCC1. The summed E-state index contributed by atoms with van der Waals surface area (Å²) >= 11 is 3.10. The number of nitrogens with zero attached hydrogens (tertiary/aromatic N) is 1. The van der Waals surface area contributed by atoms with Crippen molar-refractivity contribution in [2.75, 3.05) is 7.05 Å². The molecular formula is C13H14BrClFNO3S. The number of carbonyl (C=O) groups excluding carboxylic acids is 1. The minimum atomic E-state index is -4.25. The van der Waals surface area contributed by atoms with Crippen LogP contribution < -0.4 is 0 Å². The Morgan fingerprint density at radius 3 is 2.48 bits per heavy atom. The molecule has 0 saturated heterocycles. The summed E-state index contributed by atoms with van der Waals surface area (Å²) in [5.74, 6) is -1.34. The fourth-order valence-corrected chi connectivity index (χ4v) is 3.92. The highest BCUT2D eigenvalue weighted by Crippen LogP contribution is 2.29. The average Bonchev–Trinajstić information content (AvgIpc) is 2.89. The number of hydrogen-bond acceptors (Lipinski definition) is 3. The molecule has 4 nitrogen and oxygen atoms in total. The van der Waals surface area contributed by atoms with Crippen LogP contribution in [0.3, 0.4) is 0 Å². The predicted octanol–water partition coefficient (Wildman–Crippen LogP) is 3.53. The van der Waals surface area contributed by atoms with Gasteiger partial charge in [-0.1, -0.05) is 12.8 Å². The quantitative estimate of drug-likeness (QED) is 0.732. The maximum atomic E-state index is 13.7. The van der Waals surface area contributed by atoms with E-state index in [-0.39, 0.29) is 22.0 Å². The van der Waals surface area contributed by atoms with E-state index in [1.54, 1.807) is 11.9 Å². The van der Waals surface area contributed by atoms with Crippen LogP contribution in [0.4, 0.5) is 4.39 Å². The molecule has 1 saturated carbocycles. The third-order valence-corrected chi connectivity index (χ3v) is 5.70. The van der Waals surface area contributed by atoms with E-state index in [0.29, 0.717) is 0 Å². The molecule has 0 aromatic heterocycles. The number of carbonyl (C=O) groups is 1. The van der Waals surface area contributed by atoms with E-state index in [4.69, 9.17) is 10.7 Å². The van der Waals surface area contributed by atoms with Gasteiger partial charge in [-0.25, -0.2) is 12.8 Å². The van der Waals surface area contributed by atoms with Gasteiger partial charge in [-0.3, -0.25) is 4.79 Å². The first-order valence-corrected chi connectivity index (χ1v) is 9.53. The summed E-state index contributed by atoms with van der Waals surface area (Å²) in [6, 6.07) is 2.06. The van der Waals surface area contributed by atoms with Crippen molar-refractivity contribution in [3.8, 4) is 0 Å². The lowest BCUT2D eigenvalue weighted by molar-refractivity contribution is 0.0734. The molecule has 0 spiro atoms. The summed E-state index contributed by atoms with van der Waals surface area (Å²) < 4.78 is 36.6. The van der Waals surface area contributed by atoms with Crippen molar-refractivity contribution in [3.63, 3.8) is 0 Å². The van der Waals surface area contributed by atoms with Crippen LogP contribution in [0.25, 0.3) is 0 Å². The molecule has 116 valence electrons. The van der Waals surface area contributed by atoms with Crippen molar-refractivity contribution in [1.29, 1.82) is 0 Å². The zero-order chi connectivity index (χ0) is 15.8. The number of amides is 1. The second kappa shape index (κ2) is 6.22. The van der Waals surface area contributed by atoms with Gasteiger partial charge in [-0.2, -0.15) is 0 Å². The molecule has 1 aliphatic rings. The molecule has 1 aromatic carbocycles. The minimum Gasteiger partial charge on any atom is -0.339 e. The Balaban J connectivity index is 2.41. The molecule has 1 aromatic rings. The number of hydrogen-bond donors (Lipinski definition) is 0. The van der Waals surface area contributed by atoms with Crippen molar-refractivity contribution in [2.45, 2.75) is 36.6 Å². The van der Waals surface area contributed by atoms with E-state index in [2.05, 4.69) is 15.9 Å². The lowest BCUT2D eigenvalue weighted by Gasteiger charge is -2.25. The highest BCUT2D eigenvalue weighted by atomic mass is 79.9. The van der Waals surface area contributed by atoms with Gasteiger partial charge in [0.05, 0.1) is 5.56 Å². The van der Waals surface area contributed by atoms with Gasteiger partial charge in [-0.15, -0.1) is 0 Å². The Bertz CT molecular complexity index is 674. The van der Waals surface area contributed by atoms with Crippen LogP contribution in [-0.4, -0.2) is 32.3 Å². The van der Waals surface area contributed by atoms with Gasteiger partial charge in [0, 0.05) is 28.2 Å². The maximum absolute atomic E-state index is 13.7. The van der Waals surface area contributed by atoms with Crippen molar-refractivity contribution in [1.82, 2.24) is 4.90 Å². The molecule has 0 unspecified atom stereocenters. The molecule has 0 aliphatic heterocycles. The van der Waals surface area contributed by atoms with Crippen LogP contribution in [-0.2, 0) is 9.05 Å². The number of benzene rings is 1. The minimum absolute atomic E-state index is 0.0880. The van der Waals surface area contributed by atoms with Crippen molar-refractivity contribution < 1.29 is 17.6 Å². The normalized spacial score (nSPS) is 16.2. The monoisotopic (exact) mass is 397 g/mol. The van der Waals surface area contributed by atoms with E-state index in [1.165, 1.54) is 0 Å². The molecule has 0 radical (unpaired) electrons. The predicted molar refractivity (Wildman–Crippen MR) is 81.5 cm³/mol. The van der Waals surface area contributed by atoms with E-state index >= 15 is 0 Å². The summed E-state index contributed by atoms with van der Waals surface area (Å²) in [6.07, 6.45) is 3.96. The zero-order valence-electron chi connectivity index (χ0n) is 11.3. The van der Waals surface area contributed by atoms with Gasteiger partial charge < -0.3 is 4.90 Å². The highest BCUT2D eigenvalue weighted by Gasteiger charge is 2.27. The summed E-state index contributed by atoms with van der Waals surface area (Å²) in [5, 5.41) is 0. The van der Waals surface area contributed by atoms with Crippen molar-refractivity contribution >= 4 is 41.6 Å². The first kappa shape index (κ1) is 16.7. The van der Waals surface area contributed by atoms with Crippen LogP contribution in [0.1, 0.15) is 36.0 Å². The van der Waals surface area contributed by atoms with Crippen LogP contribution in [0, 0.1) is 5.82 Å². The molecule has 1 aliphatic carbocycles. The maximum Gasteiger partial charge on any atom is 0.264 e. The Morgan fingerprint density at radius 2 is 1.95 bits per heavy atom. The molecule has 0 bridgehead atoms. The van der Waals surface area contributed by atoms with Gasteiger partial charge in [0.2, 0.25) is 0 Å². The third kappa shape index (κ3) is 3.57. The number of rotatable bonds is 3. The Kier molecular flexibility index (Phi) is 4.95. The lowest BCUT2D eigenvalue weighted by Crippen LogP contribution is -2.35. The van der Waals surface area contributed by atoms with Crippen LogP contribution >= 0.6 is 26.6 Å². The summed E-state index contributed by atoms with van der Waals surface area (Å²) in [7, 11) is 2.62. The van der Waals surface area contributed by atoms with Crippen LogP contribution in [0.2, 0.25) is 0 Å². The van der Waals surface area contributed by atoms with Gasteiger partial charge in [0.1, 0.15) is 10.7 Å². The first-order valence-electron chi connectivity index (χ1n) is 6.42. The smallest absolute Gasteiger partial charge is 0.264 e. The van der Waals surface area contributed by atoms with Gasteiger partial charge in [-0.05, 0) is 40.9 Å². The summed E-state index contributed by atoms with van der Waals surface area (Å²) in [6.45, 7) is 0. The Hall–Kier alpha value is -0.660. The van der Waals surface area contributed by atoms with E-state index < -0.39 is 19.8 Å². The first-order chi connectivity index (χ1) is 9.71. The summed E-state index contributed by atoms with van der Waals surface area (Å²) in [5.41, 5.74) is 0.0880. The Morgan fingerprint density at radius 1 is 1.38 bits per heavy atom. The standard InChI is InChI=1S/C13H14BrClFNO3S/c1-17(8-4-2-3-5-8)13(18)9-6-12(21(15,19)20)11(16)7-10(9)14/h6-8H,2-5H2,1H3. The molecule has 0 N–H and O–H groups in total. The molecular weight excluding hydrogens is 385 g/mol. The second-order valence-corrected chi connectivity index (χ2v) is 8.44. The van der Waals surface area contributed by atoms with E-state index in [1.807, 2.05) is 0 Å². The second-order valence-electron chi connectivity index (χ2n) is 5.05. The lowest BCUT2D eigenvalue weighted by atomic mass is 10.1. The fraction of sp³-hybridized carbons (Fsp3) is 0.462. The zero-order valence-corrected chi connectivity index (χ0v) is 14.4. The van der Waals surface area contributed by atoms with Gasteiger partial charge >= 0.3 is 0 Å². The molecule has 8 heteroatoms. The molecule has 21 heavy (non-hydrogen) atoms. The average molecular weight is 399 g/mol. The van der Waals surface area contributed by atoms with Gasteiger partial charge in [0.15, 0.2) is 0 Å². The molecule has 0 heterocycles. The molecule has 2 rings (SSSR count). The van der Waals surface area contributed by atoms with E-state index in [0.717, 1.165) is 37.8 Å². The van der Waals surface area contributed by atoms with E-state index in [9.17, 15) is 17.6 Å². The van der Waals surface area contributed by atoms with Crippen molar-refractivity contribution in [2.24, 2.45) is 0 Å². The fourth-order valence-electron chi connectivity index (χ4n) is 2.53. The third-order valence-electron chi connectivity index (χ3n) is 3.71. The Labute approximate surface area is 135 Å². The van der Waals surface area contributed by atoms with Gasteiger partial charge in [0.25, 0.3) is 15.0 Å². The molecule has 1 amide bonds. The highest BCUT2D eigenvalue weighted by molar-refractivity contribution is 9.10.